The van der Waals surface area contributed by atoms with Crippen molar-refractivity contribution in [2.24, 2.45) is 10.2 Å². The highest BCUT2D eigenvalue weighted by Gasteiger charge is 2.30. The van der Waals surface area contributed by atoms with Gasteiger partial charge in [0.1, 0.15) is 23.1 Å². The average Bonchev–Trinajstić information content (AvgIpc) is 4.01. The normalized spacial score (nSPS) is 12.2. The summed E-state index contributed by atoms with van der Waals surface area (Å²) in [5.74, 6) is 1.24. The Hall–Kier alpha value is -6.38. The largest absolute Gasteiger partial charge is 0.338 e. The molecule has 8 aromatic rings. The number of nitrogens with one attached hydrogen (secondary N) is 1. The van der Waals surface area contributed by atoms with Crippen molar-refractivity contribution < 1.29 is 13.0 Å². The molecule has 0 aliphatic rings. The Morgan fingerprint density at radius 2 is 1.41 bits per heavy atom. The lowest BCUT2D eigenvalue weighted by molar-refractivity contribution is 0.483. The summed E-state index contributed by atoms with van der Waals surface area (Å²) in [5.41, 5.74) is 11.5. The maximum absolute atomic E-state index is 12.3. The standard InChI is InChI=1S/C50H52N10O3S3/c1-11-31-21-28(5)22-32(12-2)43(31)55-46-42(56-57-47-36(27-51)45(50(8,9)10)58-60(47)49-53-37-17-15-16-18-39(37)64-49)30(7)25-41(54-46)59(44-33(13-3)23-29(6)24-34(44)14-4)48-52-38-20-19-35(66(61,62)63)26-40(38)65-48/h15-26H,11-14H2,1-10H3,(H,54,55)(H,61,62,63). The second kappa shape index (κ2) is 18.1. The average molecular weight is 937 g/mol. The van der Waals surface area contributed by atoms with Crippen LogP contribution < -0.4 is 10.2 Å². The van der Waals surface area contributed by atoms with Crippen molar-refractivity contribution in [1.29, 1.82) is 5.26 Å². The fraction of sp³-hybridized carbons (Fsp3) is 0.300. The highest BCUT2D eigenvalue weighted by atomic mass is 32.2. The molecule has 0 saturated heterocycles. The maximum Gasteiger partial charge on any atom is 0.294 e. The summed E-state index contributed by atoms with van der Waals surface area (Å²) in [6.45, 7) is 20.7. The number of azo groups is 1. The molecule has 0 fully saturated rings. The molecule has 0 spiro atoms. The van der Waals surface area contributed by atoms with Crippen LogP contribution in [-0.2, 0) is 41.2 Å². The van der Waals surface area contributed by atoms with Crippen LogP contribution in [0.2, 0.25) is 0 Å². The van der Waals surface area contributed by atoms with E-state index in [0.717, 1.165) is 86.2 Å². The predicted molar refractivity (Wildman–Crippen MR) is 268 cm³/mol. The number of hydrogen-bond acceptors (Lipinski definition) is 13. The molecular weight excluding hydrogens is 885 g/mol. The fourth-order valence-corrected chi connectivity index (χ4v) is 10.8. The number of pyridine rings is 1. The van der Waals surface area contributed by atoms with Crippen LogP contribution in [-0.4, -0.2) is 37.7 Å². The highest BCUT2D eigenvalue weighted by Crippen LogP contribution is 2.46. The first-order chi connectivity index (χ1) is 31.5. The van der Waals surface area contributed by atoms with Gasteiger partial charge < -0.3 is 5.32 Å². The van der Waals surface area contributed by atoms with Gasteiger partial charge in [-0.2, -0.15) is 23.5 Å². The molecule has 0 amide bonds. The Balaban J connectivity index is 1.40. The molecule has 8 rings (SSSR count). The number of para-hydroxylation sites is 1. The van der Waals surface area contributed by atoms with Crippen molar-refractivity contribution in [3.63, 3.8) is 0 Å². The Kier molecular flexibility index (Phi) is 12.7. The topological polar surface area (TPSA) is 175 Å². The Morgan fingerprint density at radius 1 is 0.788 bits per heavy atom. The van der Waals surface area contributed by atoms with Crippen molar-refractivity contribution in [3.8, 4) is 11.2 Å². The van der Waals surface area contributed by atoms with Gasteiger partial charge in [-0.1, -0.05) is 119 Å². The monoisotopic (exact) mass is 936 g/mol. The zero-order valence-electron chi connectivity index (χ0n) is 38.8. The summed E-state index contributed by atoms with van der Waals surface area (Å²) in [7, 11) is -4.46. The molecule has 2 N–H and O–H groups in total. The maximum atomic E-state index is 12.3. The highest BCUT2D eigenvalue weighted by molar-refractivity contribution is 7.85. The lowest BCUT2D eigenvalue weighted by Gasteiger charge is -2.28. The molecule has 0 unspecified atom stereocenters. The first-order valence-electron chi connectivity index (χ1n) is 22.0. The predicted octanol–water partition coefficient (Wildman–Crippen LogP) is 13.7. The van der Waals surface area contributed by atoms with E-state index in [2.05, 4.69) is 82.1 Å². The summed E-state index contributed by atoms with van der Waals surface area (Å²) in [6, 6.07) is 25.4. The molecular formula is C50H52N10O3S3. The van der Waals surface area contributed by atoms with E-state index >= 15 is 0 Å². The van der Waals surface area contributed by atoms with E-state index in [0.29, 0.717) is 49.1 Å². The number of nitrogens with zero attached hydrogens (tertiary/aromatic N) is 9. The number of aromatic nitrogens is 5. The number of nitriles is 1. The molecule has 0 saturated carbocycles. The van der Waals surface area contributed by atoms with E-state index in [1.54, 1.807) is 10.7 Å². The molecule has 0 bridgehead atoms. The minimum atomic E-state index is -4.46. The summed E-state index contributed by atoms with van der Waals surface area (Å²) >= 11 is 2.77. The van der Waals surface area contributed by atoms with E-state index in [-0.39, 0.29) is 10.7 Å². The molecule has 16 heteroatoms. The summed E-state index contributed by atoms with van der Waals surface area (Å²) in [5, 5.41) is 30.5. The van der Waals surface area contributed by atoms with E-state index in [4.69, 9.17) is 30.3 Å². The lowest BCUT2D eigenvalue weighted by atomic mass is 9.90. The fourth-order valence-electron chi connectivity index (χ4n) is 8.28. The van der Waals surface area contributed by atoms with Gasteiger partial charge in [0.15, 0.2) is 16.8 Å². The van der Waals surface area contributed by atoms with Crippen molar-refractivity contribution in [2.75, 3.05) is 10.2 Å². The van der Waals surface area contributed by atoms with Gasteiger partial charge in [-0.05, 0) is 111 Å². The number of aryl methyl sites for hydroxylation is 7. The second-order valence-electron chi connectivity index (χ2n) is 17.3. The van der Waals surface area contributed by atoms with Crippen molar-refractivity contribution >= 4 is 92.9 Å². The third-order valence-electron chi connectivity index (χ3n) is 11.5. The minimum Gasteiger partial charge on any atom is -0.338 e. The van der Waals surface area contributed by atoms with Gasteiger partial charge in [-0.3, -0.25) is 9.45 Å². The van der Waals surface area contributed by atoms with Gasteiger partial charge in [0.25, 0.3) is 10.1 Å². The Bertz CT molecular complexity index is 3290. The number of rotatable bonds is 13. The third kappa shape index (κ3) is 8.83. The SMILES string of the molecule is CCc1cc(C)cc(CC)c1Nc1nc(N(c2nc3ccc(S(=O)(=O)O)cc3s2)c2c(CC)cc(C)cc2CC)cc(C)c1N=Nc1c(C#N)c(C(C)(C)C)nn1-c1nc2ccccc2s1. The van der Waals surface area contributed by atoms with Crippen LogP contribution in [0.25, 0.3) is 25.6 Å². The van der Waals surface area contributed by atoms with Gasteiger partial charge in [-0.15, -0.1) is 10.2 Å². The van der Waals surface area contributed by atoms with E-state index in [1.807, 2.05) is 58.0 Å². The molecule has 0 aliphatic heterocycles. The minimum absolute atomic E-state index is 0.207. The van der Waals surface area contributed by atoms with Crippen molar-refractivity contribution in [1.82, 2.24) is 24.7 Å². The van der Waals surface area contributed by atoms with Gasteiger partial charge in [0.05, 0.1) is 36.7 Å². The van der Waals surface area contributed by atoms with Crippen molar-refractivity contribution in [3.05, 3.63) is 123 Å². The molecule has 0 radical (unpaired) electrons. The number of benzene rings is 4. The number of thiazole rings is 2. The first-order valence-corrected chi connectivity index (χ1v) is 25.1. The third-order valence-corrected chi connectivity index (χ3v) is 14.3. The summed E-state index contributed by atoms with van der Waals surface area (Å²) in [6.07, 6.45) is 2.97. The number of hydrogen-bond donors (Lipinski definition) is 2. The van der Waals surface area contributed by atoms with Crippen LogP contribution >= 0.6 is 22.7 Å². The van der Waals surface area contributed by atoms with Gasteiger partial charge in [-0.25, -0.2) is 15.0 Å². The van der Waals surface area contributed by atoms with Crippen LogP contribution in [0.5, 0.6) is 0 Å². The zero-order valence-corrected chi connectivity index (χ0v) is 41.2. The van der Waals surface area contributed by atoms with Crippen LogP contribution in [0.15, 0.2) is 87.9 Å². The smallest absolute Gasteiger partial charge is 0.294 e. The first kappa shape index (κ1) is 46.2. The quantitative estimate of drug-likeness (QED) is 0.0836. The molecule has 13 nitrogen and oxygen atoms in total. The van der Waals surface area contributed by atoms with Gasteiger partial charge in [0, 0.05) is 11.1 Å². The number of anilines is 5. The lowest BCUT2D eigenvalue weighted by Crippen LogP contribution is -2.17. The molecule has 0 atom stereocenters. The van der Waals surface area contributed by atoms with Crippen LogP contribution in [0.4, 0.5) is 39.6 Å². The molecule has 66 heavy (non-hydrogen) atoms. The molecule has 4 aromatic heterocycles. The van der Waals surface area contributed by atoms with Crippen LogP contribution in [0.3, 0.4) is 0 Å². The van der Waals surface area contributed by atoms with Gasteiger partial charge in [0.2, 0.25) is 5.13 Å². The molecule has 0 aliphatic carbocycles. The van der Waals surface area contributed by atoms with Crippen LogP contribution in [0.1, 0.15) is 98.7 Å². The Labute approximate surface area is 393 Å². The summed E-state index contributed by atoms with van der Waals surface area (Å²) < 4.78 is 37.6. The van der Waals surface area contributed by atoms with E-state index in [9.17, 15) is 18.2 Å². The molecule has 4 heterocycles. The molecule has 338 valence electrons. The Morgan fingerprint density at radius 3 is 2.00 bits per heavy atom. The van der Waals surface area contributed by atoms with Gasteiger partial charge >= 0.3 is 0 Å². The van der Waals surface area contributed by atoms with Crippen LogP contribution in [0, 0.1) is 32.1 Å². The van der Waals surface area contributed by atoms with E-state index < -0.39 is 15.5 Å². The number of fused-ring (bicyclic) bond motifs is 2. The summed E-state index contributed by atoms with van der Waals surface area (Å²) in [4.78, 5) is 17.3. The van der Waals surface area contributed by atoms with E-state index in [1.165, 1.54) is 34.8 Å². The second-order valence-corrected chi connectivity index (χ2v) is 20.8. The van der Waals surface area contributed by atoms with Crippen molar-refractivity contribution in [2.45, 2.75) is 105 Å². The zero-order chi connectivity index (χ0) is 47.2. The molecule has 4 aromatic carbocycles.